The minimum absolute atomic E-state index is 0.0472. The molecule has 1 aromatic carbocycles. The fourth-order valence-electron chi connectivity index (χ4n) is 1.72. The molecule has 0 N–H and O–H groups in total. The van der Waals surface area contributed by atoms with Gasteiger partial charge in [0.05, 0.1) is 12.7 Å². The van der Waals surface area contributed by atoms with E-state index in [2.05, 4.69) is 0 Å². The minimum Gasteiger partial charge on any atom is -0.494 e. The van der Waals surface area contributed by atoms with Crippen LogP contribution in [0.3, 0.4) is 0 Å². The van der Waals surface area contributed by atoms with E-state index in [9.17, 15) is 4.79 Å². The summed E-state index contributed by atoms with van der Waals surface area (Å²) in [4.78, 5) is 11.4. The number of ketones is 1. The molecule has 1 rings (SSSR count). The van der Waals surface area contributed by atoms with E-state index in [1.807, 2.05) is 52.0 Å². The first-order valence-electron chi connectivity index (χ1n) is 7.99. The molecule has 0 aliphatic carbocycles. The zero-order valence-electron chi connectivity index (χ0n) is 14.1. The van der Waals surface area contributed by atoms with Crippen LogP contribution < -0.4 is 9.47 Å². The predicted octanol–water partition coefficient (Wildman–Crippen LogP) is 3.87. The van der Waals surface area contributed by atoms with Crippen LogP contribution in [-0.4, -0.2) is 31.7 Å². The van der Waals surface area contributed by atoms with E-state index in [0.29, 0.717) is 13.2 Å². The zero-order valence-corrected chi connectivity index (χ0v) is 14.1. The summed E-state index contributed by atoms with van der Waals surface area (Å²) in [5, 5.41) is 0. The van der Waals surface area contributed by atoms with Crippen molar-refractivity contribution in [3.05, 3.63) is 24.3 Å². The van der Waals surface area contributed by atoms with Crippen LogP contribution >= 0.6 is 0 Å². The molecule has 124 valence electrons. The highest BCUT2D eigenvalue weighted by Gasteiger charge is 2.06. The molecule has 0 heterocycles. The first-order chi connectivity index (χ1) is 10.5. The molecule has 0 aliphatic rings. The summed E-state index contributed by atoms with van der Waals surface area (Å²) in [5.41, 5.74) is 0. The van der Waals surface area contributed by atoms with Crippen LogP contribution in [0.4, 0.5) is 0 Å². The summed E-state index contributed by atoms with van der Waals surface area (Å²) < 4.78 is 16.6. The molecule has 0 saturated carbocycles. The second kappa shape index (κ2) is 10.2. The highest BCUT2D eigenvalue weighted by Crippen LogP contribution is 2.18. The van der Waals surface area contributed by atoms with Gasteiger partial charge in [-0.25, -0.2) is 0 Å². The van der Waals surface area contributed by atoms with Gasteiger partial charge in [0.15, 0.2) is 5.78 Å². The molecule has 0 bridgehead atoms. The number of unbranched alkanes of at least 4 members (excludes halogenated alkanes) is 1. The number of carbonyl (C=O) groups is 1. The van der Waals surface area contributed by atoms with E-state index in [0.717, 1.165) is 24.3 Å². The van der Waals surface area contributed by atoms with Crippen LogP contribution in [-0.2, 0) is 9.53 Å². The maximum atomic E-state index is 11.4. The molecule has 0 fully saturated rings. The van der Waals surface area contributed by atoms with Crippen molar-refractivity contribution in [1.82, 2.24) is 0 Å². The number of carbonyl (C=O) groups excluding carboxylic acids is 1. The number of Topliss-reactive ketones (excluding diaryl/α,β-unsaturated/α-hetero) is 1. The van der Waals surface area contributed by atoms with Gasteiger partial charge in [0, 0.05) is 12.5 Å². The number of hydrogen-bond donors (Lipinski definition) is 0. The Kier molecular flexibility index (Phi) is 8.60. The first kappa shape index (κ1) is 18.5. The van der Waals surface area contributed by atoms with Crippen molar-refractivity contribution < 1.29 is 19.0 Å². The van der Waals surface area contributed by atoms with Crippen molar-refractivity contribution in [2.45, 2.75) is 46.6 Å². The van der Waals surface area contributed by atoms with Gasteiger partial charge in [-0.2, -0.15) is 0 Å². The average Bonchev–Trinajstić information content (AvgIpc) is 2.47. The topological polar surface area (TPSA) is 44.8 Å². The van der Waals surface area contributed by atoms with E-state index in [1.165, 1.54) is 0 Å². The third-order valence-corrected chi connectivity index (χ3v) is 3.04. The van der Waals surface area contributed by atoms with Gasteiger partial charge in [0.1, 0.15) is 18.1 Å². The van der Waals surface area contributed by atoms with Crippen molar-refractivity contribution in [3.63, 3.8) is 0 Å². The number of hydrogen-bond acceptors (Lipinski definition) is 4. The normalized spacial score (nSPS) is 11.0. The van der Waals surface area contributed by atoms with Gasteiger partial charge in [-0.1, -0.05) is 13.8 Å². The summed E-state index contributed by atoms with van der Waals surface area (Å²) in [5.74, 6) is 1.89. The molecule has 4 nitrogen and oxygen atoms in total. The molecular formula is C18H28O4. The summed E-state index contributed by atoms with van der Waals surface area (Å²) in [6.45, 7) is 9.24. The first-order valence-corrected chi connectivity index (χ1v) is 7.99. The lowest BCUT2D eigenvalue weighted by atomic mass is 10.1. The van der Waals surface area contributed by atoms with Gasteiger partial charge in [0.2, 0.25) is 0 Å². The van der Waals surface area contributed by atoms with Crippen LogP contribution in [0.15, 0.2) is 24.3 Å². The van der Waals surface area contributed by atoms with Crippen LogP contribution in [0.1, 0.15) is 40.5 Å². The lowest BCUT2D eigenvalue weighted by Gasteiger charge is -2.11. The van der Waals surface area contributed by atoms with Gasteiger partial charge in [-0.05, 0) is 51.0 Å². The molecule has 0 aliphatic heterocycles. The van der Waals surface area contributed by atoms with Gasteiger partial charge >= 0.3 is 0 Å². The SMILES string of the molecule is CC(C)Oc1ccc(OCCCCOCC(=O)C(C)C)cc1. The second-order valence-electron chi connectivity index (χ2n) is 5.87. The summed E-state index contributed by atoms with van der Waals surface area (Å²) in [7, 11) is 0. The monoisotopic (exact) mass is 308 g/mol. The molecule has 0 radical (unpaired) electrons. The lowest BCUT2D eigenvalue weighted by molar-refractivity contribution is -0.126. The third-order valence-electron chi connectivity index (χ3n) is 3.04. The Labute approximate surface area is 133 Å². The quantitative estimate of drug-likeness (QED) is 0.582. The molecule has 0 amide bonds. The Bertz CT molecular complexity index is 423. The van der Waals surface area contributed by atoms with E-state index in [4.69, 9.17) is 14.2 Å². The lowest BCUT2D eigenvalue weighted by Crippen LogP contribution is -2.15. The molecule has 4 heteroatoms. The van der Waals surface area contributed by atoms with Crippen LogP contribution in [0.25, 0.3) is 0 Å². The highest BCUT2D eigenvalue weighted by molar-refractivity contribution is 5.81. The van der Waals surface area contributed by atoms with Gasteiger partial charge in [0.25, 0.3) is 0 Å². The average molecular weight is 308 g/mol. The second-order valence-corrected chi connectivity index (χ2v) is 5.87. The van der Waals surface area contributed by atoms with E-state index in [-0.39, 0.29) is 24.4 Å². The van der Waals surface area contributed by atoms with Crippen molar-refractivity contribution in [2.24, 2.45) is 5.92 Å². The number of benzene rings is 1. The molecule has 0 unspecified atom stereocenters. The maximum Gasteiger partial charge on any atom is 0.160 e. The van der Waals surface area contributed by atoms with Crippen LogP contribution in [0, 0.1) is 5.92 Å². The smallest absolute Gasteiger partial charge is 0.160 e. The predicted molar refractivity (Wildman–Crippen MR) is 87.6 cm³/mol. The van der Waals surface area contributed by atoms with E-state index < -0.39 is 0 Å². The Morgan fingerprint density at radius 3 is 2.14 bits per heavy atom. The van der Waals surface area contributed by atoms with Crippen molar-refractivity contribution in [1.29, 1.82) is 0 Å². The fourth-order valence-corrected chi connectivity index (χ4v) is 1.72. The molecule has 22 heavy (non-hydrogen) atoms. The Morgan fingerprint density at radius 2 is 1.55 bits per heavy atom. The third kappa shape index (κ3) is 8.03. The Hall–Kier alpha value is -1.55. The Morgan fingerprint density at radius 1 is 0.955 bits per heavy atom. The Balaban J connectivity index is 2.08. The standard InChI is InChI=1S/C18H28O4/c1-14(2)18(19)13-20-11-5-6-12-21-16-7-9-17(10-8-16)22-15(3)4/h7-10,14-15H,5-6,11-13H2,1-4H3. The molecule has 0 spiro atoms. The zero-order chi connectivity index (χ0) is 16.4. The highest BCUT2D eigenvalue weighted by atomic mass is 16.5. The fraction of sp³-hybridized carbons (Fsp3) is 0.611. The van der Waals surface area contributed by atoms with Crippen molar-refractivity contribution in [3.8, 4) is 11.5 Å². The largest absolute Gasteiger partial charge is 0.494 e. The number of rotatable bonds is 11. The minimum atomic E-state index is 0.0472. The van der Waals surface area contributed by atoms with Gasteiger partial charge in [-0.15, -0.1) is 0 Å². The molecule has 0 atom stereocenters. The molecule has 1 aromatic rings. The van der Waals surface area contributed by atoms with Crippen LogP contribution in [0.2, 0.25) is 0 Å². The summed E-state index contributed by atoms with van der Waals surface area (Å²) in [6, 6.07) is 7.65. The summed E-state index contributed by atoms with van der Waals surface area (Å²) in [6.07, 6.45) is 1.97. The maximum absolute atomic E-state index is 11.4. The van der Waals surface area contributed by atoms with Crippen molar-refractivity contribution >= 4 is 5.78 Å². The van der Waals surface area contributed by atoms with Gasteiger partial charge in [-0.3, -0.25) is 4.79 Å². The summed E-state index contributed by atoms with van der Waals surface area (Å²) >= 11 is 0. The van der Waals surface area contributed by atoms with Gasteiger partial charge < -0.3 is 14.2 Å². The van der Waals surface area contributed by atoms with E-state index >= 15 is 0 Å². The molecular weight excluding hydrogens is 280 g/mol. The van der Waals surface area contributed by atoms with Crippen LogP contribution in [0.5, 0.6) is 11.5 Å². The van der Waals surface area contributed by atoms with Crippen molar-refractivity contribution in [2.75, 3.05) is 19.8 Å². The van der Waals surface area contributed by atoms with E-state index in [1.54, 1.807) is 0 Å². The molecule has 0 aromatic heterocycles. The number of ether oxygens (including phenoxy) is 3. The molecule has 0 saturated heterocycles.